The number of carbonyl (C=O) groups is 2. The minimum absolute atomic E-state index is 0.0217. The molecule has 0 aliphatic heterocycles. The average molecular weight is 1710 g/mol. The van der Waals surface area contributed by atoms with Crippen molar-refractivity contribution in [3.8, 4) is 97.2 Å². The number of carbonyl (C=O) groups excluding carboxylic acids is 2. The Labute approximate surface area is 728 Å². The van der Waals surface area contributed by atoms with Gasteiger partial charge in [-0.15, -0.1) is 53.4 Å². The number of rotatable bonds is 15. The first-order valence-corrected chi connectivity index (χ1v) is 40.7. The van der Waals surface area contributed by atoms with Crippen molar-refractivity contribution in [3.05, 3.63) is 296 Å². The number of nitrogens with one attached hydrogen (secondary N) is 2. The highest BCUT2D eigenvalue weighted by Gasteiger charge is 2.26. The molecule has 0 radical (unpaired) electrons. The van der Waals surface area contributed by atoms with Crippen LogP contribution in [0, 0.1) is 34.0 Å². The van der Waals surface area contributed by atoms with Gasteiger partial charge in [0, 0.05) is 80.8 Å². The first-order valence-electron chi connectivity index (χ1n) is 39.1. The molecule has 32 nitrogen and oxygen atoms in total. The van der Waals surface area contributed by atoms with Gasteiger partial charge in [-0.3, -0.25) is 9.59 Å². The fraction of sp³-hybridized carbons (Fsp3) is 0.0213. The SMILES string of the molecule is CC(=O)c1ccc2c(N=Nc3c(C#N)cnn3-c3ncccn3)c(O)c(C(C)=O)cc2c1.N#Cc1cnn(-c2ncccn2)c1N=Nc1c(O)c(-c2nc3c(ccc4ccccc43)[nH]2)cc2cc(-c3nc4c(ccc5ccccc54)[nH]3)ccc12.N#Cc1cnn(-c2ncccn2)c1N=Nc1c(O)c(-c2nc3ccccc3s2)cc2cc(-c3nc4ccccc4s3)ccc12. The lowest BCUT2D eigenvalue weighted by Crippen LogP contribution is -2.01. The van der Waals surface area contributed by atoms with Gasteiger partial charge in [0.05, 0.1) is 77.8 Å². The lowest BCUT2D eigenvalue weighted by Gasteiger charge is -2.10. The van der Waals surface area contributed by atoms with Crippen LogP contribution in [0.4, 0.5) is 34.5 Å². The molecule has 10 aromatic heterocycles. The van der Waals surface area contributed by atoms with Gasteiger partial charge in [0.2, 0.25) is 0 Å². The van der Waals surface area contributed by atoms with E-state index in [9.17, 15) is 40.7 Å². The van der Waals surface area contributed by atoms with Gasteiger partial charge < -0.3 is 25.3 Å². The number of Topliss-reactive ketones (excluding diaryl/α,β-unsaturated/α-hetero) is 2. The smallest absolute Gasteiger partial charge is 0.252 e. The van der Waals surface area contributed by atoms with E-state index in [-0.39, 0.29) is 103 Å². The number of hydrogen-bond donors (Lipinski definition) is 5. The molecule has 0 amide bonds. The third-order valence-corrected chi connectivity index (χ3v) is 23.1. The second kappa shape index (κ2) is 32.8. The number of phenols is 3. The van der Waals surface area contributed by atoms with E-state index >= 15 is 0 Å². The molecule has 0 saturated heterocycles. The highest BCUT2D eigenvalue weighted by atomic mass is 32.1. The Bertz CT molecular complexity index is 8460. The van der Waals surface area contributed by atoms with E-state index in [0.717, 1.165) is 91.0 Å². The van der Waals surface area contributed by atoms with Crippen LogP contribution in [0.3, 0.4) is 0 Å². The molecule has 0 aliphatic rings. The zero-order valence-electron chi connectivity index (χ0n) is 66.6. The van der Waals surface area contributed by atoms with E-state index in [4.69, 9.17) is 19.9 Å². The Hall–Kier alpha value is -18.5. The second-order valence-electron chi connectivity index (χ2n) is 28.8. The summed E-state index contributed by atoms with van der Waals surface area (Å²) in [6.45, 7) is 2.75. The largest absolute Gasteiger partial charge is 0.505 e. The summed E-state index contributed by atoms with van der Waals surface area (Å²) in [4.78, 5) is 75.5. The van der Waals surface area contributed by atoms with Crippen LogP contribution in [0.25, 0.3) is 158 Å². The molecule has 5 N–H and O–H groups in total. The van der Waals surface area contributed by atoms with Crippen LogP contribution >= 0.6 is 22.7 Å². The molecule has 34 heteroatoms. The molecule has 0 saturated carbocycles. The van der Waals surface area contributed by atoms with Crippen LogP contribution < -0.4 is 0 Å². The first-order chi connectivity index (χ1) is 62.7. The number of fused-ring (bicyclic) bond motifs is 11. The molecule has 0 aliphatic carbocycles. The normalized spacial score (nSPS) is 11.6. The van der Waals surface area contributed by atoms with Gasteiger partial charge in [-0.25, -0.2) is 49.8 Å². The van der Waals surface area contributed by atoms with Crippen LogP contribution in [-0.2, 0) is 0 Å². The van der Waals surface area contributed by atoms with Crippen molar-refractivity contribution in [2.45, 2.75) is 13.8 Å². The standard InChI is InChI=1S/C40H23N11O.C32H17N9OS2.C22H15N7O3/c41-20-26-21-44-51(40-42-16-5-17-43-40)39(26)50-49-35-29-13-10-24(37-45-31-14-11-22-6-1-3-8-27(22)33(31)47-37)18-25(29)19-30(36(35)52)38-46-32-15-12-23-7-2-4-9-28(23)34(32)48-38;33-16-20-17-36-41(32-34-12-5-13-35-32)29(20)40-39-27-21-11-10-18(30-37-23-6-1-3-8-25(23)43-30)14-19(21)15-22(28(27)42)31-38-24-7-2-4-9-26(24)44-31;1-12(30)14-4-5-17-15(8-14)9-18(13(2)31)20(32)19(17)27-28-21-16(10-23)11-26-29(21)22-24-6-3-7-25-22/h1-19,21,52H,(H,45,47)(H,46,48);1-15,17,42H;3-9,11,32H,1-2H3. The van der Waals surface area contributed by atoms with Crippen molar-refractivity contribution < 1.29 is 24.9 Å². The number of benzene rings is 12. The number of aromatic nitrogens is 18. The third kappa shape index (κ3) is 14.5. The molecule has 12 aromatic carbocycles. The van der Waals surface area contributed by atoms with Crippen LogP contribution in [0.15, 0.2) is 299 Å². The maximum absolute atomic E-state index is 12.1. The zero-order chi connectivity index (χ0) is 87.2. The Balaban J connectivity index is 0.000000124. The minimum Gasteiger partial charge on any atom is -0.505 e. The van der Waals surface area contributed by atoms with E-state index in [1.807, 2.05) is 152 Å². The number of thiazole rings is 2. The Kier molecular flexibility index (Phi) is 20.0. The van der Waals surface area contributed by atoms with E-state index < -0.39 is 0 Å². The summed E-state index contributed by atoms with van der Waals surface area (Å²) in [5.74, 6) is 1.03. The number of imidazole rings is 2. The van der Waals surface area contributed by atoms with Gasteiger partial charge in [-0.1, -0.05) is 121 Å². The summed E-state index contributed by atoms with van der Waals surface area (Å²) in [5.41, 5.74) is 9.32. The number of nitrogens with zero attached hydrogens (tertiary/aromatic N) is 25. The molecule has 0 bridgehead atoms. The molecule has 10 heterocycles. The molecule has 0 spiro atoms. The van der Waals surface area contributed by atoms with Crippen molar-refractivity contribution in [2.75, 3.05) is 0 Å². The molecule has 22 aromatic rings. The van der Waals surface area contributed by atoms with Gasteiger partial charge in [-0.05, 0) is 132 Å². The first kappa shape index (κ1) is 78.1. The number of nitriles is 3. The number of aromatic amines is 2. The Morgan fingerprint density at radius 2 is 0.789 bits per heavy atom. The van der Waals surface area contributed by atoms with E-state index in [0.29, 0.717) is 54.9 Å². The summed E-state index contributed by atoms with van der Waals surface area (Å²) < 4.78 is 6.01. The third-order valence-electron chi connectivity index (χ3n) is 20.9. The zero-order valence-corrected chi connectivity index (χ0v) is 68.2. The predicted molar refractivity (Wildman–Crippen MR) is 483 cm³/mol. The summed E-state index contributed by atoms with van der Waals surface area (Å²) in [7, 11) is 0. The molecule has 0 fully saturated rings. The number of H-pyrrole nitrogens is 2. The van der Waals surface area contributed by atoms with Crippen LogP contribution in [0.1, 0.15) is 51.3 Å². The van der Waals surface area contributed by atoms with Crippen LogP contribution in [0.2, 0.25) is 0 Å². The van der Waals surface area contributed by atoms with Gasteiger partial charge in [-0.2, -0.15) is 45.1 Å². The molecular weight excluding hydrogens is 1650 g/mol. The number of phenolic OH excluding ortho intramolecular Hbond substituents is 3. The van der Waals surface area contributed by atoms with Crippen LogP contribution in [0.5, 0.6) is 17.2 Å². The number of aromatic hydroxyl groups is 3. The molecular formula is C94H55N27O5S2. The van der Waals surface area contributed by atoms with Crippen LogP contribution in [-0.4, -0.2) is 116 Å². The van der Waals surface area contributed by atoms with Crippen molar-refractivity contribution >= 4 is 165 Å². The number of ketones is 2. The number of para-hydroxylation sites is 2. The van der Waals surface area contributed by atoms with Gasteiger partial charge in [0.1, 0.15) is 73.6 Å². The second-order valence-corrected chi connectivity index (χ2v) is 30.8. The highest BCUT2D eigenvalue weighted by Crippen LogP contribution is 2.50. The van der Waals surface area contributed by atoms with Gasteiger partial charge in [0.15, 0.2) is 46.3 Å². The predicted octanol–water partition coefficient (Wildman–Crippen LogP) is 21.8. The lowest BCUT2D eigenvalue weighted by molar-refractivity contribution is 0.100. The maximum atomic E-state index is 12.1. The minimum atomic E-state index is -0.380. The maximum Gasteiger partial charge on any atom is 0.252 e. The summed E-state index contributed by atoms with van der Waals surface area (Å²) in [5, 5.41) is 112. The summed E-state index contributed by atoms with van der Waals surface area (Å²) >= 11 is 3.10. The fourth-order valence-corrected chi connectivity index (χ4v) is 16.7. The van der Waals surface area contributed by atoms with Gasteiger partial charge >= 0.3 is 0 Å². The Morgan fingerprint density at radius 1 is 0.375 bits per heavy atom. The molecule has 0 atom stereocenters. The molecule has 22 rings (SSSR count). The Morgan fingerprint density at radius 3 is 1.28 bits per heavy atom. The molecule has 0 unspecified atom stereocenters. The highest BCUT2D eigenvalue weighted by molar-refractivity contribution is 7.22. The fourth-order valence-electron chi connectivity index (χ4n) is 14.8. The van der Waals surface area contributed by atoms with E-state index in [2.05, 4.69) is 122 Å². The molecule has 128 heavy (non-hydrogen) atoms. The van der Waals surface area contributed by atoms with E-state index in [1.54, 1.807) is 72.5 Å². The molecule has 608 valence electrons. The lowest BCUT2D eigenvalue weighted by atomic mass is 9.99. The quantitative estimate of drug-likeness (QED) is 0.0470. The van der Waals surface area contributed by atoms with Gasteiger partial charge in [0.25, 0.3) is 17.8 Å². The number of hydrogen-bond acceptors (Lipinski definition) is 29. The van der Waals surface area contributed by atoms with Crippen molar-refractivity contribution in [3.63, 3.8) is 0 Å². The topological polar surface area (TPSA) is 454 Å². The van der Waals surface area contributed by atoms with E-state index in [1.165, 1.54) is 76.3 Å². The summed E-state index contributed by atoms with van der Waals surface area (Å²) in [6.07, 6.45) is 13.4. The monoisotopic (exact) mass is 1710 g/mol. The van der Waals surface area contributed by atoms with Crippen molar-refractivity contribution in [1.82, 2.24) is 89.1 Å². The average Bonchev–Trinajstić information content (AvgIpc) is 1.26. The number of azo groups is 3. The summed E-state index contributed by atoms with van der Waals surface area (Å²) in [6, 6.07) is 73.2. The van der Waals surface area contributed by atoms with Crippen molar-refractivity contribution in [2.24, 2.45) is 30.7 Å². The van der Waals surface area contributed by atoms with Crippen molar-refractivity contribution in [1.29, 1.82) is 15.8 Å².